The average Bonchev–Trinajstić information content (AvgIpc) is 2.77. The molecule has 1 aromatic rings. The summed E-state index contributed by atoms with van der Waals surface area (Å²) in [5.41, 5.74) is -1.02. The number of benzene rings is 1. The molecule has 2 fully saturated rings. The number of ether oxygens (including phenoxy) is 1. The lowest BCUT2D eigenvalue weighted by atomic mass is 9.92. The van der Waals surface area contributed by atoms with Crippen molar-refractivity contribution in [1.29, 1.82) is 0 Å². The zero-order chi connectivity index (χ0) is 22.8. The number of sulfonamides is 1. The highest BCUT2D eigenvalue weighted by atomic mass is 32.2. The number of hydrogen-bond donors (Lipinski definition) is 0. The average molecular weight is 462 g/mol. The van der Waals surface area contributed by atoms with Gasteiger partial charge in [0.05, 0.1) is 23.5 Å². The van der Waals surface area contributed by atoms with E-state index < -0.39 is 26.7 Å². The van der Waals surface area contributed by atoms with E-state index in [0.717, 1.165) is 22.5 Å². The van der Waals surface area contributed by atoms with Gasteiger partial charge in [0, 0.05) is 32.1 Å². The van der Waals surface area contributed by atoms with Gasteiger partial charge in [-0.3, -0.25) is 9.59 Å². The fourth-order valence-corrected chi connectivity index (χ4v) is 5.60. The summed E-state index contributed by atoms with van der Waals surface area (Å²) in [6.45, 7) is 1.02. The number of nitrogens with zero attached hydrogens (tertiary/aromatic N) is 2. The first-order valence-corrected chi connectivity index (χ1v) is 11.5. The van der Waals surface area contributed by atoms with E-state index in [1.54, 1.807) is 4.90 Å². The standard InChI is InChI=1S/C20H25F3N2O5S/c1-30-19(27)15-5-9-24(10-6-15)18(26)14-7-11-25(12-8-14)31(28,29)17-4-2-3-16(13-17)20(21,22)23/h2-4,13-15H,5-12H2,1H3. The number of amides is 1. The molecule has 2 aliphatic heterocycles. The van der Waals surface area contributed by atoms with E-state index in [2.05, 4.69) is 0 Å². The summed E-state index contributed by atoms with van der Waals surface area (Å²) in [4.78, 5) is 25.7. The third-order valence-electron chi connectivity index (χ3n) is 5.94. The summed E-state index contributed by atoms with van der Waals surface area (Å²) in [6.07, 6.45) is -2.98. The Hall–Kier alpha value is -2.14. The third kappa shape index (κ3) is 5.20. The van der Waals surface area contributed by atoms with Gasteiger partial charge < -0.3 is 9.64 Å². The van der Waals surface area contributed by atoms with Crippen LogP contribution in [0.25, 0.3) is 0 Å². The van der Waals surface area contributed by atoms with Gasteiger partial charge in [0.15, 0.2) is 0 Å². The lowest BCUT2D eigenvalue weighted by Crippen LogP contribution is -2.47. The van der Waals surface area contributed by atoms with Crippen LogP contribution >= 0.6 is 0 Å². The van der Waals surface area contributed by atoms with Gasteiger partial charge in [-0.25, -0.2) is 8.42 Å². The zero-order valence-corrected chi connectivity index (χ0v) is 17.9. The monoisotopic (exact) mass is 462 g/mol. The van der Waals surface area contributed by atoms with Crippen LogP contribution in [0.1, 0.15) is 31.2 Å². The summed E-state index contributed by atoms with van der Waals surface area (Å²) in [6, 6.07) is 3.68. The smallest absolute Gasteiger partial charge is 0.416 e. The number of halogens is 3. The van der Waals surface area contributed by atoms with Gasteiger partial charge in [0.1, 0.15) is 0 Å². The molecule has 0 radical (unpaired) electrons. The molecule has 0 unspecified atom stereocenters. The molecule has 0 aromatic heterocycles. The van der Waals surface area contributed by atoms with E-state index in [0.29, 0.717) is 44.8 Å². The Morgan fingerprint density at radius 1 is 1.00 bits per heavy atom. The summed E-state index contributed by atoms with van der Waals surface area (Å²) < 4.78 is 70.2. The van der Waals surface area contributed by atoms with Crippen LogP contribution in [0, 0.1) is 11.8 Å². The molecule has 1 aromatic carbocycles. The van der Waals surface area contributed by atoms with Crippen molar-refractivity contribution >= 4 is 21.9 Å². The number of carbonyl (C=O) groups is 2. The van der Waals surface area contributed by atoms with Crippen LogP contribution in [0.2, 0.25) is 0 Å². The number of rotatable bonds is 4. The second kappa shape index (κ2) is 9.15. The van der Waals surface area contributed by atoms with Crippen LogP contribution in [0.4, 0.5) is 13.2 Å². The van der Waals surface area contributed by atoms with Crippen LogP contribution in [-0.2, 0) is 30.5 Å². The van der Waals surface area contributed by atoms with Gasteiger partial charge in [-0.15, -0.1) is 0 Å². The minimum atomic E-state index is -4.63. The fourth-order valence-electron chi connectivity index (χ4n) is 4.09. The molecule has 0 atom stereocenters. The molecular weight excluding hydrogens is 437 g/mol. The van der Waals surface area contributed by atoms with Crippen molar-refractivity contribution in [3.63, 3.8) is 0 Å². The molecule has 2 heterocycles. The molecule has 0 bridgehead atoms. The van der Waals surface area contributed by atoms with Crippen LogP contribution in [0.3, 0.4) is 0 Å². The first-order chi connectivity index (χ1) is 14.5. The molecule has 0 saturated carbocycles. The Bertz CT molecular complexity index is 919. The second-order valence-electron chi connectivity index (χ2n) is 7.83. The van der Waals surface area contributed by atoms with Crippen molar-refractivity contribution in [2.45, 2.75) is 36.8 Å². The maximum absolute atomic E-state index is 12.9. The molecule has 2 saturated heterocycles. The minimum Gasteiger partial charge on any atom is -0.469 e. The first-order valence-electron chi connectivity index (χ1n) is 10.1. The molecule has 11 heteroatoms. The minimum absolute atomic E-state index is 0.0631. The highest BCUT2D eigenvalue weighted by Crippen LogP contribution is 2.32. The Balaban J connectivity index is 1.59. The second-order valence-corrected chi connectivity index (χ2v) is 9.76. The summed E-state index contributed by atoms with van der Waals surface area (Å²) in [7, 11) is -2.75. The summed E-state index contributed by atoms with van der Waals surface area (Å²) in [5, 5.41) is 0. The topological polar surface area (TPSA) is 84.0 Å². The number of alkyl halides is 3. The molecule has 0 aliphatic carbocycles. The number of esters is 1. The Morgan fingerprint density at radius 3 is 2.13 bits per heavy atom. The van der Waals surface area contributed by atoms with Crippen LogP contribution < -0.4 is 0 Å². The number of piperidine rings is 2. The van der Waals surface area contributed by atoms with Crippen molar-refractivity contribution in [3.8, 4) is 0 Å². The number of likely N-dealkylation sites (tertiary alicyclic amines) is 1. The molecule has 0 N–H and O–H groups in total. The molecular formula is C20H25F3N2O5S. The van der Waals surface area contributed by atoms with Crippen molar-refractivity contribution in [2.75, 3.05) is 33.3 Å². The molecule has 0 spiro atoms. The largest absolute Gasteiger partial charge is 0.469 e. The van der Waals surface area contributed by atoms with Crippen LogP contribution in [0.5, 0.6) is 0 Å². The van der Waals surface area contributed by atoms with E-state index in [9.17, 15) is 31.2 Å². The van der Waals surface area contributed by atoms with Gasteiger partial charge in [-0.2, -0.15) is 17.5 Å². The maximum Gasteiger partial charge on any atom is 0.416 e. The van der Waals surface area contributed by atoms with Gasteiger partial charge in [0.2, 0.25) is 15.9 Å². The zero-order valence-electron chi connectivity index (χ0n) is 17.1. The van der Waals surface area contributed by atoms with Gasteiger partial charge >= 0.3 is 12.1 Å². The molecule has 3 rings (SSSR count). The Morgan fingerprint density at radius 2 is 1.58 bits per heavy atom. The molecule has 31 heavy (non-hydrogen) atoms. The van der Waals surface area contributed by atoms with Gasteiger partial charge in [-0.05, 0) is 43.9 Å². The molecule has 7 nitrogen and oxygen atoms in total. The normalized spacial score (nSPS) is 19.9. The van der Waals surface area contributed by atoms with Gasteiger partial charge in [0.25, 0.3) is 0 Å². The van der Waals surface area contributed by atoms with Crippen molar-refractivity contribution in [2.24, 2.45) is 11.8 Å². The molecule has 2 aliphatic rings. The quantitative estimate of drug-likeness (QED) is 0.642. The molecule has 1 amide bonds. The van der Waals surface area contributed by atoms with E-state index in [1.165, 1.54) is 7.11 Å². The highest BCUT2D eigenvalue weighted by molar-refractivity contribution is 7.89. The van der Waals surface area contributed by atoms with Crippen molar-refractivity contribution < 1.29 is 35.9 Å². The Labute approximate surface area is 179 Å². The number of hydrogen-bond acceptors (Lipinski definition) is 5. The number of carbonyl (C=O) groups excluding carboxylic acids is 2. The fraction of sp³-hybridized carbons (Fsp3) is 0.600. The predicted octanol–water partition coefficient (Wildman–Crippen LogP) is 2.52. The van der Waals surface area contributed by atoms with Crippen LogP contribution in [0.15, 0.2) is 29.2 Å². The summed E-state index contributed by atoms with van der Waals surface area (Å²) in [5.74, 6) is -0.907. The van der Waals surface area contributed by atoms with Gasteiger partial charge in [-0.1, -0.05) is 6.07 Å². The van der Waals surface area contributed by atoms with E-state index >= 15 is 0 Å². The van der Waals surface area contributed by atoms with Crippen molar-refractivity contribution in [3.05, 3.63) is 29.8 Å². The van der Waals surface area contributed by atoms with E-state index in [-0.39, 0.29) is 36.8 Å². The first kappa shape index (κ1) is 23.5. The SMILES string of the molecule is COC(=O)C1CCN(C(=O)C2CCN(S(=O)(=O)c3cccc(C(F)(F)F)c3)CC2)CC1. The summed E-state index contributed by atoms with van der Waals surface area (Å²) >= 11 is 0. The van der Waals surface area contributed by atoms with Crippen LogP contribution in [-0.4, -0.2) is 62.8 Å². The lowest BCUT2D eigenvalue weighted by Gasteiger charge is -2.36. The third-order valence-corrected chi connectivity index (χ3v) is 7.84. The maximum atomic E-state index is 12.9. The van der Waals surface area contributed by atoms with E-state index in [1.807, 2.05) is 0 Å². The van der Waals surface area contributed by atoms with E-state index in [4.69, 9.17) is 4.74 Å². The number of methoxy groups -OCH3 is 1. The van der Waals surface area contributed by atoms with Crippen molar-refractivity contribution in [1.82, 2.24) is 9.21 Å². The lowest BCUT2D eigenvalue weighted by molar-refractivity contribution is -0.149. The predicted molar refractivity (Wildman–Crippen MR) is 104 cm³/mol. The molecule has 172 valence electrons. The Kier molecular flexibility index (Phi) is 6.95. The highest BCUT2D eigenvalue weighted by Gasteiger charge is 2.37.